The van der Waals surface area contributed by atoms with E-state index in [1.165, 1.54) is 13.0 Å². The Bertz CT molecular complexity index is 424. The molecule has 1 aromatic rings. The summed E-state index contributed by atoms with van der Waals surface area (Å²) in [6.45, 7) is 5.02. The summed E-state index contributed by atoms with van der Waals surface area (Å²) < 4.78 is 5.75. The molecule has 3 nitrogen and oxygen atoms in total. The number of ether oxygens (including phenoxy) is 1. The van der Waals surface area contributed by atoms with Crippen molar-refractivity contribution >= 4 is 27.7 Å². The summed E-state index contributed by atoms with van der Waals surface area (Å²) >= 11 is 3.26. The summed E-state index contributed by atoms with van der Waals surface area (Å²) in [6.07, 6.45) is -0.174. The lowest BCUT2D eigenvalue weighted by Gasteiger charge is -2.08. The molecule has 16 heavy (non-hydrogen) atoms. The van der Waals surface area contributed by atoms with Crippen molar-refractivity contribution in [3.63, 3.8) is 0 Å². The molecule has 0 saturated carbocycles. The molecule has 0 aliphatic carbocycles. The van der Waals surface area contributed by atoms with Gasteiger partial charge in [-0.3, -0.25) is 4.79 Å². The summed E-state index contributed by atoms with van der Waals surface area (Å²) in [4.78, 5) is 22.8. The predicted octanol–water partition coefficient (Wildman–Crippen LogP) is 3.22. The van der Waals surface area contributed by atoms with Crippen LogP contribution in [0.1, 0.15) is 41.5 Å². The first-order chi connectivity index (χ1) is 7.40. The molecule has 1 rings (SSSR count). The largest absolute Gasteiger partial charge is 0.459 e. The van der Waals surface area contributed by atoms with Crippen LogP contribution in [-0.4, -0.2) is 17.9 Å². The normalized spacial score (nSPS) is 10.3. The smallest absolute Gasteiger partial charge is 0.338 e. The molecule has 0 heterocycles. The average Bonchev–Trinajstić information content (AvgIpc) is 2.15. The minimum Gasteiger partial charge on any atom is -0.459 e. The van der Waals surface area contributed by atoms with E-state index < -0.39 is 5.97 Å². The lowest BCUT2D eigenvalue weighted by Crippen LogP contribution is -2.12. The number of Topliss-reactive ketones (excluding diaryl/α,β-unsaturated/α-hetero) is 1. The molecule has 0 N–H and O–H groups in total. The van der Waals surface area contributed by atoms with Crippen molar-refractivity contribution < 1.29 is 14.3 Å². The van der Waals surface area contributed by atoms with E-state index in [0.717, 1.165) is 0 Å². The highest BCUT2D eigenvalue weighted by atomic mass is 79.9. The maximum absolute atomic E-state index is 11.6. The molecule has 0 atom stereocenters. The lowest BCUT2D eigenvalue weighted by atomic mass is 10.1. The SMILES string of the molecule is CC(=O)c1cc(Br)cc(C(=O)OC(C)C)c1. The van der Waals surface area contributed by atoms with E-state index in [-0.39, 0.29) is 11.9 Å². The van der Waals surface area contributed by atoms with E-state index in [4.69, 9.17) is 4.74 Å². The van der Waals surface area contributed by atoms with Crippen molar-refractivity contribution in [1.82, 2.24) is 0 Å². The van der Waals surface area contributed by atoms with Crippen LogP contribution in [0.4, 0.5) is 0 Å². The van der Waals surface area contributed by atoms with Crippen LogP contribution in [0.15, 0.2) is 22.7 Å². The molecule has 86 valence electrons. The zero-order valence-corrected chi connectivity index (χ0v) is 11.0. The standard InChI is InChI=1S/C12H13BrO3/c1-7(2)16-12(15)10-4-9(8(3)14)5-11(13)6-10/h4-7H,1-3H3. The van der Waals surface area contributed by atoms with Crippen molar-refractivity contribution in [3.05, 3.63) is 33.8 Å². The molecule has 0 aliphatic rings. The van der Waals surface area contributed by atoms with Crippen LogP contribution in [0.5, 0.6) is 0 Å². The van der Waals surface area contributed by atoms with Gasteiger partial charge in [0.15, 0.2) is 5.78 Å². The number of halogens is 1. The van der Waals surface area contributed by atoms with E-state index >= 15 is 0 Å². The molecule has 0 saturated heterocycles. The van der Waals surface area contributed by atoms with E-state index in [0.29, 0.717) is 15.6 Å². The fourth-order valence-electron chi connectivity index (χ4n) is 1.19. The van der Waals surface area contributed by atoms with Crippen LogP contribution in [-0.2, 0) is 4.74 Å². The van der Waals surface area contributed by atoms with E-state index in [1.54, 1.807) is 26.0 Å². The first-order valence-electron chi connectivity index (χ1n) is 4.92. The highest BCUT2D eigenvalue weighted by Crippen LogP contribution is 2.17. The third kappa shape index (κ3) is 3.45. The molecule has 0 radical (unpaired) electrons. The highest BCUT2D eigenvalue weighted by molar-refractivity contribution is 9.10. The summed E-state index contributed by atoms with van der Waals surface area (Å²) in [5.74, 6) is -0.501. The Morgan fingerprint density at radius 3 is 2.25 bits per heavy atom. The number of carbonyl (C=O) groups excluding carboxylic acids is 2. The first-order valence-corrected chi connectivity index (χ1v) is 5.72. The van der Waals surface area contributed by atoms with Crippen molar-refractivity contribution in [2.45, 2.75) is 26.9 Å². The number of esters is 1. The Balaban J connectivity index is 3.05. The number of hydrogen-bond acceptors (Lipinski definition) is 3. The second-order valence-corrected chi connectivity index (χ2v) is 4.65. The van der Waals surface area contributed by atoms with Crippen molar-refractivity contribution in [2.24, 2.45) is 0 Å². The number of ketones is 1. The third-order valence-corrected chi connectivity index (χ3v) is 2.34. The molecule has 0 amide bonds. The lowest BCUT2D eigenvalue weighted by molar-refractivity contribution is 0.0378. The number of hydrogen-bond donors (Lipinski definition) is 0. The van der Waals surface area contributed by atoms with Gasteiger partial charge in [-0.15, -0.1) is 0 Å². The summed E-state index contributed by atoms with van der Waals surface area (Å²) in [5, 5.41) is 0. The van der Waals surface area contributed by atoms with Crippen molar-refractivity contribution in [2.75, 3.05) is 0 Å². The van der Waals surface area contributed by atoms with Gasteiger partial charge in [0, 0.05) is 10.0 Å². The molecule has 0 fully saturated rings. The van der Waals surface area contributed by atoms with E-state index in [1.807, 2.05) is 0 Å². The maximum Gasteiger partial charge on any atom is 0.338 e. The van der Waals surface area contributed by atoms with Gasteiger partial charge in [0.05, 0.1) is 11.7 Å². The number of carbonyl (C=O) groups is 2. The van der Waals surface area contributed by atoms with Gasteiger partial charge in [0.25, 0.3) is 0 Å². The van der Waals surface area contributed by atoms with Crippen LogP contribution < -0.4 is 0 Å². The van der Waals surface area contributed by atoms with Crippen LogP contribution >= 0.6 is 15.9 Å². The maximum atomic E-state index is 11.6. The Morgan fingerprint density at radius 1 is 1.19 bits per heavy atom. The van der Waals surface area contributed by atoms with Crippen molar-refractivity contribution in [3.8, 4) is 0 Å². The molecule has 0 aliphatic heterocycles. The van der Waals surface area contributed by atoms with Crippen LogP contribution in [0.3, 0.4) is 0 Å². The van der Waals surface area contributed by atoms with Crippen LogP contribution in [0.2, 0.25) is 0 Å². The molecule has 0 unspecified atom stereocenters. The summed E-state index contributed by atoms with van der Waals surface area (Å²) in [6, 6.07) is 4.85. The van der Waals surface area contributed by atoms with Crippen LogP contribution in [0, 0.1) is 0 Å². The topological polar surface area (TPSA) is 43.4 Å². The van der Waals surface area contributed by atoms with Gasteiger partial charge in [-0.25, -0.2) is 4.79 Å². The average molecular weight is 285 g/mol. The fraction of sp³-hybridized carbons (Fsp3) is 0.333. The fourth-order valence-corrected chi connectivity index (χ4v) is 1.69. The van der Waals surface area contributed by atoms with Gasteiger partial charge in [-0.2, -0.15) is 0 Å². The van der Waals surface area contributed by atoms with Gasteiger partial charge in [-0.05, 0) is 39.0 Å². The minimum absolute atomic E-state index is 0.0834. The zero-order chi connectivity index (χ0) is 12.3. The van der Waals surface area contributed by atoms with Crippen LogP contribution in [0.25, 0.3) is 0 Å². The molecular formula is C12H13BrO3. The Morgan fingerprint density at radius 2 is 1.75 bits per heavy atom. The quantitative estimate of drug-likeness (QED) is 0.632. The second-order valence-electron chi connectivity index (χ2n) is 3.74. The zero-order valence-electron chi connectivity index (χ0n) is 9.41. The van der Waals surface area contributed by atoms with Gasteiger partial charge >= 0.3 is 5.97 Å². The number of benzene rings is 1. The van der Waals surface area contributed by atoms with Gasteiger partial charge in [0.2, 0.25) is 0 Å². The first kappa shape index (κ1) is 12.9. The van der Waals surface area contributed by atoms with Gasteiger partial charge in [0.1, 0.15) is 0 Å². The summed E-state index contributed by atoms with van der Waals surface area (Å²) in [5.41, 5.74) is 0.873. The molecule has 0 bridgehead atoms. The molecule has 1 aromatic carbocycles. The molecular weight excluding hydrogens is 272 g/mol. The Kier molecular flexibility index (Phi) is 4.24. The van der Waals surface area contributed by atoms with Gasteiger partial charge in [-0.1, -0.05) is 15.9 Å². The molecule has 0 spiro atoms. The molecule has 0 aromatic heterocycles. The Labute approximate surface area is 103 Å². The summed E-state index contributed by atoms with van der Waals surface area (Å²) in [7, 11) is 0. The Hall–Kier alpha value is -1.16. The molecule has 4 heteroatoms. The minimum atomic E-state index is -0.418. The van der Waals surface area contributed by atoms with E-state index in [2.05, 4.69) is 15.9 Å². The number of rotatable bonds is 3. The monoisotopic (exact) mass is 284 g/mol. The highest BCUT2D eigenvalue weighted by Gasteiger charge is 2.12. The second kappa shape index (κ2) is 5.25. The van der Waals surface area contributed by atoms with E-state index in [9.17, 15) is 9.59 Å². The van der Waals surface area contributed by atoms with Crippen molar-refractivity contribution in [1.29, 1.82) is 0 Å². The predicted molar refractivity (Wildman–Crippen MR) is 64.7 cm³/mol. The third-order valence-electron chi connectivity index (χ3n) is 1.88. The van der Waals surface area contributed by atoms with Gasteiger partial charge < -0.3 is 4.74 Å².